The van der Waals surface area contributed by atoms with Crippen molar-refractivity contribution in [3.05, 3.63) is 29.8 Å². The number of para-hydroxylation sites is 1. The van der Waals surface area contributed by atoms with Crippen LogP contribution >= 0.6 is 11.6 Å². The molecule has 1 aromatic rings. The van der Waals surface area contributed by atoms with Gasteiger partial charge in [0.25, 0.3) is 0 Å². The molecule has 2 unspecified atom stereocenters. The zero-order valence-corrected chi connectivity index (χ0v) is 9.82. The van der Waals surface area contributed by atoms with Gasteiger partial charge in [-0.2, -0.15) is 0 Å². The van der Waals surface area contributed by atoms with E-state index in [9.17, 15) is 0 Å². The van der Waals surface area contributed by atoms with Crippen molar-refractivity contribution in [1.82, 2.24) is 0 Å². The average Bonchev–Trinajstić information content (AvgIpc) is 2.32. The lowest BCUT2D eigenvalue weighted by molar-refractivity contribution is 0.378. The number of nitrogens with two attached hydrogens (primary N) is 2. The average molecular weight is 238 g/mol. The summed E-state index contributed by atoms with van der Waals surface area (Å²) in [5, 5.41) is 0. The highest BCUT2D eigenvalue weighted by Crippen LogP contribution is 2.36. The molecule has 0 radical (unpaired) electrons. The second-order valence-electron chi connectivity index (χ2n) is 4.15. The zero-order chi connectivity index (χ0) is 11.6. The maximum atomic E-state index is 6.43. The van der Waals surface area contributed by atoms with E-state index < -0.39 is 5.54 Å². The van der Waals surface area contributed by atoms with Crippen molar-refractivity contribution in [1.29, 1.82) is 0 Å². The molecular weight excluding hydrogens is 222 g/mol. The van der Waals surface area contributed by atoms with Gasteiger partial charge < -0.3 is 11.5 Å². The van der Waals surface area contributed by atoms with E-state index in [1.165, 1.54) is 0 Å². The van der Waals surface area contributed by atoms with Gasteiger partial charge in [0.15, 0.2) is 0 Å². The van der Waals surface area contributed by atoms with E-state index in [1.54, 1.807) is 6.21 Å². The largest absolute Gasteiger partial charge is 0.321 e. The number of hydrogen-bond acceptors (Lipinski definition) is 3. The first-order valence-corrected chi connectivity index (χ1v) is 5.96. The molecule has 3 nitrogen and oxygen atoms in total. The third-order valence-electron chi connectivity index (χ3n) is 3.10. The van der Waals surface area contributed by atoms with E-state index in [1.807, 2.05) is 24.3 Å². The lowest BCUT2D eigenvalue weighted by Crippen LogP contribution is -2.54. The molecule has 1 heterocycles. The number of aliphatic imine (C=N–C) groups is 1. The first kappa shape index (κ1) is 11.6. The SMILES string of the molecule is NC1C=Nc2ccccc2C1(N)CCCCl. The summed E-state index contributed by atoms with van der Waals surface area (Å²) < 4.78 is 0. The van der Waals surface area contributed by atoms with Crippen molar-refractivity contribution < 1.29 is 0 Å². The molecule has 2 rings (SSSR count). The molecule has 1 aliphatic heterocycles. The molecular formula is C12H16ClN3. The van der Waals surface area contributed by atoms with E-state index in [-0.39, 0.29) is 6.04 Å². The Balaban J connectivity index is 2.40. The van der Waals surface area contributed by atoms with E-state index >= 15 is 0 Å². The van der Waals surface area contributed by atoms with Crippen LogP contribution in [0.2, 0.25) is 0 Å². The summed E-state index contributed by atoms with van der Waals surface area (Å²) >= 11 is 5.73. The molecule has 0 fully saturated rings. The molecule has 1 aromatic carbocycles. The summed E-state index contributed by atoms with van der Waals surface area (Å²) in [7, 11) is 0. The summed E-state index contributed by atoms with van der Waals surface area (Å²) in [5.41, 5.74) is 13.9. The Labute approximate surface area is 100 Å². The fourth-order valence-electron chi connectivity index (χ4n) is 2.11. The van der Waals surface area contributed by atoms with Gasteiger partial charge in [0, 0.05) is 12.1 Å². The molecule has 0 bridgehead atoms. The number of benzene rings is 1. The van der Waals surface area contributed by atoms with Crippen LogP contribution in [0.15, 0.2) is 29.3 Å². The van der Waals surface area contributed by atoms with E-state index in [4.69, 9.17) is 23.1 Å². The Morgan fingerprint density at radius 3 is 2.88 bits per heavy atom. The second-order valence-corrected chi connectivity index (χ2v) is 4.53. The number of hydrogen-bond donors (Lipinski definition) is 2. The van der Waals surface area contributed by atoms with Crippen LogP contribution in [0.5, 0.6) is 0 Å². The fraction of sp³-hybridized carbons (Fsp3) is 0.417. The lowest BCUT2D eigenvalue weighted by atomic mass is 9.78. The summed E-state index contributed by atoms with van der Waals surface area (Å²) in [5.74, 6) is 0.602. The van der Waals surface area contributed by atoms with E-state index in [2.05, 4.69) is 4.99 Å². The summed E-state index contributed by atoms with van der Waals surface area (Å²) in [6.45, 7) is 0. The van der Waals surface area contributed by atoms with Crippen LogP contribution in [0.25, 0.3) is 0 Å². The van der Waals surface area contributed by atoms with Crippen LogP contribution in [0.4, 0.5) is 5.69 Å². The highest BCUT2D eigenvalue weighted by molar-refractivity contribution is 6.17. The smallest absolute Gasteiger partial charge is 0.0677 e. The van der Waals surface area contributed by atoms with Crippen LogP contribution in [0.3, 0.4) is 0 Å². The van der Waals surface area contributed by atoms with Crippen molar-refractivity contribution in [3.63, 3.8) is 0 Å². The molecule has 86 valence electrons. The van der Waals surface area contributed by atoms with Gasteiger partial charge in [-0.25, -0.2) is 0 Å². The Morgan fingerprint density at radius 1 is 1.38 bits per heavy atom. The minimum atomic E-state index is -0.534. The van der Waals surface area contributed by atoms with Crippen molar-refractivity contribution in [2.24, 2.45) is 16.5 Å². The molecule has 16 heavy (non-hydrogen) atoms. The van der Waals surface area contributed by atoms with Crippen molar-refractivity contribution in [3.8, 4) is 0 Å². The molecule has 4 N–H and O–H groups in total. The molecule has 0 spiro atoms. The number of rotatable bonds is 3. The zero-order valence-electron chi connectivity index (χ0n) is 9.07. The number of nitrogens with zero attached hydrogens (tertiary/aromatic N) is 1. The second kappa shape index (κ2) is 4.53. The molecule has 0 aliphatic carbocycles. The van der Waals surface area contributed by atoms with Crippen LogP contribution in [-0.2, 0) is 5.54 Å². The topological polar surface area (TPSA) is 64.4 Å². The van der Waals surface area contributed by atoms with Gasteiger partial charge in [0.2, 0.25) is 0 Å². The van der Waals surface area contributed by atoms with Crippen molar-refractivity contribution in [2.45, 2.75) is 24.4 Å². The fourth-order valence-corrected chi connectivity index (χ4v) is 2.25. The number of fused-ring (bicyclic) bond motifs is 1. The van der Waals surface area contributed by atoms with Gasteiger partial charge in [0.1, 0.15) is 0 Å². The Bertz CT molecular complexity index is 405. The van der Waals surface area contributed by atoms with Crippen LogP contribution in [-0.4, -0.2) is 18.1 Å². The Kier molecular flexibility index (Phi) is 3.28. The summed E-state index contributed by atoms with van der Waals surface area (Å²) in [6.07, 6.45) is 3.37. The summed E-state index contributed by atoms with van der Waals surface area (Å²) in [4.78, 5) is 4.31. The van der Waals surface area contributed by atoms with Crippen molar-refractivity contribution in [2.75, 3.05) is 5.88 Å². The molecule has 0 saturated carbocycles. The first-order chi connectivity index (χ1) is 7.68. The van der Waals surface area contributed by atoms with Gasteiger partial charge in [-0.3, -0.25) is 4.99 Å². The highest BCUT2D eigenvalue weighted by Gasteiger charge is 2.37. The maximum absolute atomic E-state index is 6.43. The molecule has 1 aliphatic rings. The molecule has 0 amide bonds. The quantitative estimate of drug-likeness (QED) is 0.789. The summed E-state index contributed by atoms with van der Waals surface area (Å²) in [6, 6.07) is 7.63. The van der Waals surface area contributed by atoms with Gasteiger partial charge in [-0.15, -0.1) is 11.6 Å². The normalized spacial score (nSPS) is 27.8. The van der Waals surface area contributed by atoms with Crippen LogP contribution in [0.1, 0.15) is 18.4 Å². The van der Waals surface area contributed by atoms with Gasteiger partial charge >= 0.3 is 0 Å². The predicted octanol–water partition coefficient (Wildman–Crippen LogP) is 1.90. The predicted molar refractivity (Wildman–Crippen MR) is 68.4 cm³/mol. The minimum Gasteiger partial charge on any atom is -0.321 e. The van der Waals surface area contributed by atoms with E-state index in [0.29, 0.717) is 5.88 Å². The third-order valence-corrected chi connectivity index (χ3v) is 3.37. The molecule has 0 saturated heterocycles. The molecule has 4 heteroatoms. The monoisotopic (exact) mass is 237 g/mol. The van der Waals surface area contributed by atoms with Crippen molar-refractivity contribution >= 4 is 23.5 Å². The van der Waals surface area contributed by atoms with Crippen LogP contribution in [0, 0.1) is 0 Å². The number of alkyl halides is 1. The van der Waals surface area contributed by atoms with E-state index in [0.717, 1.165) is 24.1 Å². The van der Waals surface area contributed by atoms with Gasteiger partial charge in [-0.05, 0) is 24.5 Å². The minimum absolute atomic E-state index is 0.245. The molecule has 0 aromatic heterocycles. The standard InChI is InChI=1S/C12H16ClN3/c13-7-3-6-12(15)9-4-1-2-5-10(9)16-8-11(12)14/h1-2,4-5,8,11H,3,6-7,14-15H2. The van der Waals surface area contributed by atoms with Gasteiger partial charge in [-0.1, -0.05) is 18.2 Å². The molecule has 2 atom stereocenters. The highest BCUT2D eigenvalue weighted by atomic mass is 35.5. The lowest BCUT2D eigenvalue weighted by Gasteiger charge is -2.37. The Hall–Kier alpha value is -0.900. The number of halogens is 1. The maximum Gasteiger partial charge on any atom is 0.0677 e. The third kappa shape index (κ3) is 1.86. The first-order valence-electron chi connectivity index (χ1n) is 5.42. The van der Waals surface area contributed by atoms with Gasteiger partial charge in [0.05, 0.1) is 17.3 Å². The Morgan fingerprint density at radius 2 is 2.12 bits per heavy atom. The van der Waals surface area contributed by atoms with Crippen LogP contribution < -0.4 is 11.5 Å².